The third-order valence-corrected chi connectivity index (χ3v) is 7.39. The summed E-state index contributed by atoms with van der Waals surface area (Å²) in [7, 11) is 0. The van der Waals surface area contributed by atoms with Crippen molar-refractivity contribution < 1.29 is 9.13 Å². The summed E-state index contributed by atoms with van der Waals surface area (Å²) < 4.78 is 19.2. The van der Waals surface area contributed by atoms with Crippen LogP contribution in [0.4, 0.5) is 4.39 Å². The molecule has 1 aromatic rings. The lowest BCUT2D eigenvalue weighted by Gasteiger charge is -2.32. The fraction of sp³-hybridized carbons (Fsp3) is 0.621. The largest absolute Gasteiger partial charge is 0.378 e. The van der Waals surface area contributed by atoms with E-state index in [1.165, 1.54) is 87.5 Å². The standard InChI is InChI=1S/C29H40FNO/c1-2-3-4-6-23-13-15-26(16-14-23)27-17-19-29(20-18-27)32-22-25-11-9-24(10-12-25)7-5-8-28(30)21-31/h5,7-8,13-16,24-25,27,29H,2-4,6,9-12,17-20,22H2,1H3/t24-,25-,27-,29-. The highest BCUT2D eigenvalue weighted by atomic mass is 19.1. The summed E-state index contributed by atoms with van der Waals surface area (Å²) in [5.74, 6) is 1.13. The monoisotopic (exact) mass is 437 g/mol. The van der Waals surface area contributed by atoms with Gasteiger partial charge in [0.05, 0.1) is 6.10 Å². The Morgan fingerprint density at radius 2 is 1.75 bits per heavy atom. The van der Waals surface area contributed by atoms with Gasteiger partial charge in [-0.05, 0) is 99.2 Å². The van der Waals surface area contributed by atoms with Crippen LogP contribution in [0.25, 0.3) is 0 Å². The highest BCUT2D eigenvalue weighted by Gasteiger charge is 2.25. The second-order valence-corrected chi connectivity index (χ2v) is 9.80. The molecule has 0 atom stereocenters. The van der Waals surface area contributed by atoms with Crippen LogP contribution in [0.15, 0.2) is 48.3 Å². The van der Waals surface area contributed by atoms with Crippen molar-refractivity contribution in [2.45, 2.75) is 96.0 Å². The third-order valence-electron chi connectivity index (χ3n) is 7.39. The van der Waals surface area contributed by atoms with E-state index in [9.17, 15) is 4.39 Å². The lowest BCUT2D eigenvalue weighted by atomic mass is 9.81. The maximum Gasteiger partial charge on any atom is 0.199 e. The SMILES string of the molecule is CCCCCc1ccc([C@H]2CC[C@H](OC[C@H]3CC[C@H](C=CC=C(F)C#N)CC3)CC2)cc1. The number of nitriles is 1. The van der Waals surface area contributed by atoms with E-state index in [-0.39, 0.29) is 0 Å². The molecule has 0 radical (unpaired) electrons. The van der Waals surface area contributed by atoms with Gasteiger partial charge in [-0.15, -0.1) is 0 Å². The van der Waals surface area contributed by atoms with Crippen LogP contribution in [0.5, 0.6) is 0 Å². The molecule has 2 nitrogen and oxygen atoms in total. The molecule has 0 heterocycles. The first-order chi connectivity index (χ1) is 15.7. The summed E-state index contributed by atoms with van der Waals surface area (Å²) in [5.41, 5.74) is 2.99. The number of ether oxygens (including phenoxy) is 1. The van der Waals surface area contributed by atoms with Crippen molar-refractivity contribution >= 4 is 0 Å². The number of rotatable bonds is 10. The molecule has 174 valence electrons. The summed E-state index contributed by atoms with van der Waals surface area (Å²) in [6.07, 6.45) is 20.0. The zero-order chi connectivity index (χ0) is 22.6. The molecule has 0 N–H and O–H groups in total. The van der Waals surface area contributed by atoms with Crippen LogP contribution in [0.3, 0.4) is 0 Å². The number of unbranched alkanes of at least 4 members (excludes halogenated alkanes) is 2. The zero-order valence-electron chi connectivity index (χ0n) is 19.8. The molecule has 0 unspecified atom stereocenters. The van der Waals surface area contributed by atoms with Gasteiger partial charge in [-0.3, -0.25) is 0 Å². The van der Waals surface area contributed by atoms with Gasteiger partial charge in [-0.1, -0.05) is 56.2 Å². The molecular weight excluding hydrogens is 397 g/mol. The first-order valence-electron chi connectivity index (χ1n) is 12.8. The average molecular weight is 438 g/mol. The van der Waals surface area contributed by atoms with Crippen molar-refractivity contribution in [2.75, 3.05) is 6.61 Å². The van der Waals surface area contributed by atoms with Gasteiger partial charge in [0.15, 0.2) is 5.83 Å². The molecule has 3 heteroatoms. The predicted octanol–water partition coefficient (Wildman–Crippen LogP) is 8.20. The number of allylic oxidation sites excluding steroid dienone is 4. The van der Waals surface area contributed by atoms with E-state index in [4.69, 9.17) is 10.00 Å². The molecule has 0 bridgehead atoms. The lowest BCUT2D eigenvalue weighted by Crippen LogP contribution is -2.25. The second-order valence-electron chi connectivity index (χ2n) is 9.80. The van der Waals surface area contributed by atoms with Gasteiger partial charge in [0, 0.05) is 6.61 Å². The van der Waals surface area contributed by atoms with Gasteiger partial charge in [-0.2, -0.15) is 9.65 Å². The minimum Gasteiger partial charge on any atom is -0.378 e. The second kappa shape index (κ2) is 13.6. The molecule has 1 aromatic carbocycles. The number of hydrogen-bond donors (Lipinski definition) is 0. The molecule has 2 aliphatic rings. The third kappa shape index (κ3) is 8.21. The maximum atomic E-state index is 12.8. The fourth-order valence-electron chi connectivity index (χ4n) is 5.25. The molecule has 0 amide bonds. The topological polar surface area (TPSA) is 33.0 Å². The molecule has 32 heavy (non-hydrogen) atoms. The first kappa shape index (κ1) is 24.7. The summed E-state index contributed by atoms with van der Waals surface area (Å²) in [6.45, 7) is 3.15. The minimum absolute atomic E-state index is 0.427. The Morgan fingerprint density at radius 1 is 1.03 bits per heavy atom. The van der Waals surface area contributed by atoms with Crippen molar-refractivity contribution in [2.24, 2.45) is 11.8 Å². The van der Waals surface area contributed by atoms with Crippen molar-refractivity contribution in [3.63, 3.8) is 0 Å². The van der Waals surface area contributed by atoms with Gasteiger partial charge < -0.3 is 4.74 Å². The smallest absolute Gasteiger partial charge is 0.199 e. The van der Waals surface area contributed by atoms with E-state index in [2.05, 4.69) is 31.2 Å². The Hall–Kier alpha value is -1.92. The normalized spacial score (nSPS) is 26.8. The van der Waals surface area contributed by atoms with Gasteiger partial charge in [0.1, 0.15) is 6.07 Å². The Balaban J connectivity index is 1.32. The summed E-state index contributed by atoms with van der Waals surface area (Å²) in [4.78, 5) is 0. The van der Waals surface area contributed by atoms with E-state index in [1.807, 2.05) is 6.08 Å². The van der Waals surface area contributed by atoms with E-state index in [0.717, 1.165) is 19.4 Å². The van der Waals surface area contributed by atoms with Gasteiger partial charge in [-0.25, -0.2) is 0 Å². The average Bonchev–Trinajstić information content (AvgIpc) is 2.84. The highest BCUT2D eigenvalue weighted by Crippen LogP contribution is 2.35. The van der Waals surface area contributed by atoms with Crippen LogP contribution in [-0.4, -0.2) is 12.7 Å². The molecule has 2 fully saturated rings. The molecular formula is C29H40FNO. The molecule has 2 aliphatic carbocycles. The van der Waals surface area contributed by atoms with Crippen LogP contribution in [-0.2, 0) is 11.2 Å². The van der Waals surface area contributed by atoms with Crippen molar-refractivity contribution in [1.82, 2.24) is 0 Å². The first-order valence-corrected chi connectivity index (χ1v) is 12.8. The summed E-state index contributed by atoms with van der Waals surface area (Å²) in [6, 6.07) is 10.9. The maximum absolute atomic E-state index is 12.8. The number of nitrogens with zero attached hydrogens (tertiary/aromatic N) is 1. The Bertz CT molecular complexity index is 759. The molecule has 2 saturated carbocycles. The van der Waals surface area contributed by atoms with E-state index in [1.54, 1.807) is 6.08 Å². The van der Waals surface area contributed by atoms with Crippen LogP contribution >= 0.6 is 0 Å². The summed E-state index contributed by atoms with van der Waals surface area (Å²) in [5, 5.41) is 8.45. The Labute approximate surface area is 194 Å². The minimum atomic E-state index is -0.725. The molecule has 0 aliphatic heterocycles. The van der Waals surface area contributed by atoms with Crippen LogP contribution in [0, 0.1) is 23.2 Å². The Morgan fingerprint density at radius 3 is 2.41 bits per heavy atom. The fourth-order valence-corrected chi connectivity index (χ4v) is 5.25. The lowest BCUT2D eigenvalue weighted by molar-refractivity contribution is -0.00337. The van der Waals surface area contributed by atoms with Crippen molar-refractivity contribution in [3.8, 4) is 6.07 Å². The van der Waals surface area contributed by atoms with Gasteiger partial charge >= 0.3 is 0 Å². The van der Waals surface area contributed by atoms with Crippen molar-refractivity contribution in [3.05, 3.63) is 59.4 Å². The Kier molecular flexibility index (Phi) is 10.5. The molecule has 0 spiro atoms. The zero-order valence-corrected chi connectivity index (χ0v) is 19.8. The predicted molar refractivity (Wildman–Crippen MR) is 130 cm³/mol. The van der Waals surface area contributed by atoms with Crippen LogP contribution < -0.4 is 0 Å². The molecule has 0 aromatic heterocycles. The quantitative estimate of drug-likeness (QED) is 0.210. The van der Waals surface area contributed by atoms with E-state index in [0.29, 0.717) is 23.9 Å². The highest BCUT2D eigenvalue weighted by molar-refractivity contribution is 5.26. The molecule has 3 rings (SSSR count). The number of aryl methyl sites for hydroxylation is 1. The van der Waals surface area contributed by atoms with Gasteiger partial charge in [0.2, 0.25) is 0 Å². The summed E-state index contributed by atoms with van der Waals surface area (Å²) >= 11 is 0. The van der Waals surface area contributed by atoms with E-state index < -0.39 is 5.83 Å². The van der Waals surface area contributed by atoms with Crippen molar-refractivity contribution in [1.29, 1.82) is 5.26 Å². The van der Waals surface area contributed by atoms with Crippen LogP contribution in [0.1, 0.15) is 94.6 Å². The molecule has 0 saturated heterocycles. The van der Waals surface area contributed by atoms with E-state index >= 15 is 0 Å². The van der Waals surface area contributed by atoms with Crippen LogP contribution in [0.2, 0.25) is 0 Å². The number of halogens is 1. The van der Waals surface area contributed by atoms with Gasteiger partial charge in [0.25, 0.3) is 0 Å². The number of hydrogen-bond acceptors (Lipinski definition) is 2. The number of benzene rings is 1.